The molecule has 0 radical (unpaired) electrons. The van der Waals surface area contributed by atoms with Crippen molar-refractivity contribution in [3.63, 3.8) is 0 Å². The molecular weight excluding hydrogens is 420 g/mol. The van der Waals surface area contributed by atoms with Crippen molar-refractivity contribution in [3.8, 4) is 0 Å². The van der Waals surface area contributed by atoms with Crippen LogP contribution in [-0.4, -0.2) is 24.0 Å². The molecule has 6 rings (SSSR count). The zero-order chi connectivity index (χ0) is 22.1. The third kappa shape index (κ3) is 2.45. The minimum atomic E-state index is -2.00. The van der Waals surface area contributed by atoms with Crippen molar-refractivity contribution in [1.82, 2.24) is 8.47 Å². The maximum atomic E-state index is 2.76. The first kappa shape index (κ1) is 19.6. The maximum absolute atomic E-state index is 2.76. The third-order valence-electron chi connectivity index (χ3n) is 7.78. The Morgan fingerprint density at radius 1 is 0.375 bits per heavy atom. The Morgan fingerprint density at radius 3 is 0.844 bits per heavy atom. The van der Waals surface area contributed by atoms with E-state index in [1.54, 1.807) is 0 Å². The van der Waals surface area contributed by atoms with Crippen LogP contribution in [0.3, 0.4) is 0 Å². The predicted molar refractivity (Wildman–Crippen MR) is 145 cm³/mol. The first-order valence-electron chi connectivity index (χ1n) is 11.4. The molecule has 0 unspecified atom stereocenters. The Balaban J connectivity index is 1.72. The number of nitrogens with zero attached hydrogens (tertiary/aromatic N) is 2. The number of aromatic nitrogens is 2. The zero-order valence-corrected chi connectivity index (χ0v) is 21.1. The number of para-hydroxylation sites is 4. The van der Waals surface area contributed by atoms with Gasteiger partial charge < -0.3 is 8.47 Å². The minimum absolute atomic E-state index is 1.37. The van der Waals surface area contributed by atoms with Gasteiger partial charge in [-0.3, -0.25) is 0 Å². The van der Waals surface area contributed by atoms with Crippen molar-refractivity contribution in [1.29, 1.82) is 0 Å². The van der Waals surface area contributed by atoms with Gasteiger partial charge in [0.25, 0.3) is 0 Å². The highest BCUT2D eigenvalue weighted by Crippen LogP contribution is 2.39. The van der Waals surface area contributed by atoms with Crippen LogP contribution in [0, 0.1) is 0 Å². The van der Waals surface area contributed by atoms with E-state index in [9.17, 15) is 0 Å². The van der Waals surface area contributed by atoms with E-state index in [1.165, 1.54) is 43.6 Å². The van der Waals surface area contributed by atoms with Crippen LogP contribution in [0.2, 0.25) is 26.2 Å². The fourth-order valence-electron chi connectivity index (χ4n) is 5.60. The summed E-state index contributed by atoms with van der Waals surface area (Å²) in [5.41, 5.74) is 5.52. The van der Waals surface area contributed by atoms with Crippen LogP contribution in [0.1, 0.15) is 0 Å². The number of hydrogen-bond donors (Lipinski definition) is 0. The Bertz CT molecular complexity index is 1410. The second-order valence-corrected chi connectivity index (χ2v) is 24.3. The first-order valence-corrected chi connectivity index (χ1v) is 18.3. The maximum Gasteiger partial charge on any atom is 0.169 e. The van der Waals surface area contributed by atoms with Gasteiger partial charge in [-0.15, -0.1) is 0 Å². The van der Waals surface area contributed by atoms with Gasteiger partial charge in [0.05, 0.1) is 0 Å². The third-order valence-corrected chi connectivity index (χ3v) is 24.3. The van der Waals surface area contributed by atoms with Crippen LogP contribution in [0.15, 0.2) is 97.1 Å². The van der Waals surface area contributed by atoms with Crippen molar-refractivity contribution >= 4 is 59.1 Å². The van der Waals surface area contributed by atoms with Crippen LogP contribution in [0.4, 0.5) is 0 Å². The van der Waals surface area contributed by atoms with Crippen LogP contribution >= 0.6 is 0 Å². The average Bonchev–Trinajstić information content (AvgIpc) is 3.33. The lowest BCUT2D eigenvalue weighted by atomic mass is 10.2. The van der Waals surface area contributed by atoms with Crippen molar-refractivity contribution in [2.45, 2.75) is 26.2 Å². The molecule has 0 saturated heterocycles. The molecule has 0 bridgehead atoms. The van der Waals surface area contributed by atoms with Crippen molar-refractivity contribution < 1.29 is 0 Å². The topological polar surface area (TPSA) is 9.86 Å². The molecule has 0 atom stereocenters. The number of rotatable bonds is 3. The lowest BCUT2D eigenvalue weighted by Gasteiger charge is -2.42. The van der Waals surface area contributed by atoms with E-state index in [2.05, 4.69) is 132 Å². The van der Waals surface area contributed by atoms with Gasteiger partial charge in [0.2, 0.25) is 0 Å². The smallest absolute Gasteiger partial charge is 0.169 e. The van der Waals surface area contributed by atoms with Gasteiger partial charge in [0.15, 0.2) is 15.5 Å². The van der Waals surface area contributed by atoms with Gasteiger partial charge in [0, 0.05) is 43.6 Å². The van der Waals surface area contributed by atoms with E-state index in [0.29, 0.717) is 0 Å². The summed E-state index contributed by atoms with van der Waals surface area (Å²) in [4.78, 5) is 0. The fourth-order valence-corrected chi connectivity index (χ4v) is 14.6. The molecule has 6 aromatic rings. The molecule has 0 amide bonds. The van der Waals surface area contributed by atoms with Gasteiger partial charge >= 0.3 is 0 Å². The standard InChI is InChI=1S/C28H28N2Si2/c1-31(2,29-25-17-9-5-13-21(25)22-14-6-10-18-26(22)29)32(3,4)30-27-19-11-7-15-23(27)24-16-8-12-20-28(24)30/h5-20H,1-4H3. The Hall–Kier alpha value is -3.09. The molecule has 0 aliphatic rings. The van der Waals surface area contributed by atoms with Crippen molar-refractivity contribution in [2.75, 3.05) is 0 Å². The summed E-state index contributed by atoms with van der Waals surface area (Å²) in [7, 11) is -4.01. The second kappa shape index (κ2) is 6.71. The lowest BCUT2D eigenvalue weighted by molar-refractivity contribution is 1.22. The normalized spacial score (nSPS) is 13.0. The largest absolute Gasteiger partial charge is 0.368 e. The van der Waals surface area contributed by atoms with Crippen LogP contribution < -0.4 is 0 Å². The van der Waals surface area contributed by atoms with Crippen molar-refractivity contribution in [3.05, 3.63) is 97.1 Å². The van der Waals surface area contributed by atoms with Gasteiger partial charge in [-0.2, -0.15) is 0 Å². The molecule has 0 saturated carbocycles. The highest BCUT2D eigenvalue weighted by atomic mass is 29.3. The van der Waals surface area contributed by atoms with Gasteiger partial charge in [-0.25, -0.2) is 0 Å². The van der Waals surface area contributed by atoms with Crippen LogP contribution in [0.5, 0.6) is 0 Å². The zero-order valence-electron chi connectivity index (χ0n) is 19.1. The van der Waals surface area contributed by atoms with E-state index >= 15 is 0 Å². The van der Waals surface area contributed by atoms with Gasteiger partial charge in [-0.05, 0) is 24.3 Å². The van der Waals surface area contributed by atoms with Crippen LogP contribution in [0.25, 0.3) is 43.6 Å². The Kier molecular flexibility index (Phi) is 4.10. The molecule has 0 fully saturated rings. The van der Waals surface area contributed by atoms with E-state index in [-0.39, 0.29) is 0 Å². The lowest BCUT2D eigenvalue weighted by Crippen LogP contribution is -2.64. The molecule has 158 valence electrons. The van der Waals surface area contributed by atoms with Gasteiger partial charge in [0.1, 0.15) is 0 Å². The number of hydrogen-bond acceptors (Lipinski definition) is 0. The average molecular weight is 449 g/mol. The van der Waals surface area contributed by atoms with Crippen LogP contribution in [-0.2, 0) is 0 Å². The molecule has 2 aromatic heterocycles. The first-order chi connectivity index (χ1) is 15.4. The quantitative estimate of drug-likeness (QED) is 0.245. The van der Waals surface area contributed by atoms with E-state index < -0.39 is 15.5 Å². The molecule has 0 N–H and O–H groups in total. The molecule has 4 aromatic carbocycles. The molecule has 2 heterocycles. The number of benzene rings is 4. The second-order valence-electron chi connectivity index (χ2n) is 9.86. The highest BCUT2D eigenvalue weighted by Gasteiger charge is 2.47. The highest BCUT2D eigenvalue weighted by molar-refractivity contribution is 7.40. The van der Waals surface area contributed by atoms with E-state index in [0.717, 1.165) is 0 Å². The molecular formula is C28H28N2Si2. The summed E-state index contributed by atoms with van der Waals surface area (Å²) in [6.45, 7) is 10.3. The van der Waals surface area contributed by atoms with E-state index in [1.807, 2.05) is 0 Å². The Labute approximate surface area is 190 Å². The molecule has 4 heteroatoms. The monoisotopic (exact) mass is 448 g/mol. The fraction of sp³-hybridized carbons (Fsp3) is 0.143. The van der Waals surface area contributed by atoms with E-state index in [4.69, 9.17) is 0 Å². The number of fused-ring (bicyclic) bond motifs is 6. The molecule has 2 nitrogen and oxygen atoms in total. The molecule has 0 spiro atoms. The Morgan fingerprint density at radius 2 is 0.594 bits per heavy atom. The molecule has 0 aliphatic carbocycles. The predicted octanol–water partition coefficient (Wildman–Crippen LogP) is 7.79. The summed E-state index contributed by atoms with van der Waals surface area (Å²) in [5.74, 6) is 0. The summed E-state index contributed by atoms with van der Waals surface area (Å²) < 4.78 is 5.51. The van der Waals surface area contributed by atoms with Gasteiger partial charge in [-0.1, -0.05) is 99.0 Å². The summed E-state index contributed by atoms with van der Waals surface area (Å²) >= 11 is 0. The minimum Gasteiger partial charge on any atom is -0.368 e. The van der Waals surface area contributed by atoms with Crippen molar-refractivity contribution in [2.24, 2.45) is 0 Å². The summed E-state index contributed by atoms with van der Waals surface area (Å²) in [6, 6.07) is 35.9. The SMILES string of the molecule is C[Si](C)(n1c2ccccc2c2ccccc21)[Si](C)(C)n1c2ccccc2c2ccccc21. The molecule has 32 heavy (non-hydrogen) atoms. The molecule has 0 aliphatic heterocycles. The summed E-state index contributed by atoms with van der Waals surface area (Å²) in [5, 5.41) is 5.48. The summed E-state index contributed by atoms with van der Waals surface area (Å²) in [6.07, 6.45) is 0.